The fourth-order valence-electron chi connectivity index (χ4n) is 2.57. The minimum atomic E-state index is -4.78. The van der Waals surface area contributed by atoms with Crippen molar-refractivity contribution < 1.29 is 32.2 Å². The molecule has 1 atom stereocenters. The van der Waals surface area contributed by atoms with Crippen molar-refractivity contribution in [1.82, 2.24) is 5.32 Å². The lowest BCUT2D eigenvalue weighted by Gasteiger charge is -2.26. The van der Waals surface area contributed by atoms with Crippen LogP contribution in [-0.2, 0) is 14.3 Å². The van der Waals surface area contributed by atoms with Gasteiger partial charge in [-0.05, 0) is 31.5 Å². The van der Waals surface area contributed by atoms with E-state index in [4.69, 9.17) is 4.74 Å². The highest BCUT2D eigenvalue weighted by Gasteiger charge is 2.33. The van der Waals surface area contributed by atoms with E-state index in [1.54, 1.807) is 13.8 Å². The van der Waals surface area contributed by atoms with Crippen molar-refractivity contribution >= 4 is 11.9 Å². The smallest absolute Gasteiger partial charge is 0.463 e. The molecular weight excluding hydrogens is 327 g/mol. The van der Waals surface area contributed by atoms with Crippen molar-refractivity contribution in [2.45, 2.75) is 32.5 Å². The number of nitrogens with one attached hydrogen (secondary N) is 1. The third-order valence-electron chi connectivity index (χ3n) is 3.48. The summed E-state index contributed by atoms with van der Waals surface area (Å²) in [7, 11) is 0. The van der Waals surface area contributed by atoms with Crippen LogP contribution in [-0.4, -0.2) is 24.8 Å². The molecule has 1 aromatic rings. The van der Waals surface area contributed by atoms with Crippen LogP contribution in [0, 0.1) is 0 Å². The molecule has 1 N–H and O–H groups in total. The van der Waals surface area contributed by atoms with Gasteiger partial charge in [0, 0.05) is 18.0 Å². The molecule has 0 saturated heterocycles. The van der Waals surface area contributed by atoms with E-state index >= 15 is 0 Å². The maximum absolute atomic E-state index is 12.2. The zero-order valence-electron chi connectivity index (χ0n) is 13.1. The second-order valence-electron chi connectivity index (χ2n) is 5.18. The zero-order chi connectivity index (χ0) is 17.9. The highest BCUT2D eigenvalue weighted by Crippen LogP contribution is 2.34. The van der Waals surface area contributed by atoms with Gasteiger partial charge in [-0.3, -0.25) is 4.79 Å². The van der Waals surface area contributed by atoms with Crippen molar-refractivity contribution in [2.75, 3.05) is 6.61 Å². The number of esters is 1. The number of allylic oxidation sites excluding steroid dienone is 1. The molecule has 0 bridgehead atoms. The minimum absolute atomic E-state index is 0.00492. The predicted octanol–water partition coefficient (Wildman–Crippen LogP) is 3.03. The van der Waals surface area contributed by atoms with Gasteiger partial charge in [0.1, 0.15) is 5.75 Å². The Morgan fingerprint density at radius 2 is 1.92 bits per heavy atom. The first-order valence-corrected chi connectivity index (χ1v) is 7.24. The lowest BCUT2D eigenvalue weighted by Crippen LogP contribution is -2.34. The molecule has 24 heavy (non-hydrogen) atoms. The van der Waals surface area contributed by atoms with Gasteiger partial charge in [0.2, 0.25) is 5.91 Å². The third-order valence-corrected chi connectivity index (χ3v) is 3.48. The number of ether oxygens (including phenoxy) is 2. The number of alkyl halides is 3. The van der Waals surface area contributed by atoms with Gasteiger partial charge in [-0.2, -0.15) is 0 Å². The Labute approximate surface area is 136 Å². The molecular formula is C16H16F3NO4. The molecule has 0 radical (unpaired) electrons. The topological polar surface area (TPSA) is 64.6 Å². The second kappa shape index (κ2) is 6.94. The molecule has 5 nitrogen and oxygen atoms in total. The highest BCUT2D eigenvalue weighted by molar-refractivity contribution is 5.95. The molecule has 0 aromatic heterocycles. The third kappa shape index (κ3) is 4.27. The molecule has 0 unspecified atom stereocenters. The molecule has 0 aliphatic carbocycles. The van der Waals surface area contributed by atoms with E-state index in [1.807, 2.05) is 0 Å². The molecule has 1 heterocycles. The van der Waals surface area contributed by atoms with Crippen molar-refractivity contribution in [3.63, 3.8) is 0 Å². The van der Waals surface area contributed by atoms with Crippen LogP contribution in [0.4, 0.5) is 13.2 Å². The fraction of sp³-hybridized carbons (Fsp3) is 0.375. The Kier molecular flexibility index (Phi) is 5.16. The number of amides is 1. The number of carbonyl (C=O) groups excluding carboxylic acids is 2. The number of carbonyl (C=O) groups is 2. The number of benzene rings is 1. The van der Waals surface area contributed by atoms with Gasteiger partial charge in [0.25, 0.3) is 0 Å². The molecule has 130 valence electrons. The lowest BCUT2D eigenvalue weighted by atomic mass is 9.84. The van der Waals surface area contributed by atoms with Crippen LogP contribution in [0.5, 0.6) is 5.75 Å². The van der Waals surface area contributed by atoms with Gasteiger partial charge in [0.15, 0.2) is 0 Å². The summed E-state index contributed by atoms with van der Waals surface area (Å²) in [6.45, 7) is 3.42. The van der Waals surface area contributed by atoms with Crippen LogP contribution in [0.3, 0.4) is 0 Å². The Bertz CT molecular complexity index is 665. The zero-order valence-corrected chi connectivity index (χ0v) is 13.1. The first-order chi connectivity index (χ1) is 11.2. The van der Waals surface area contributed by atoms with Gasteiger partial charge in [-0.15, -0.1) is 13.2 Å². The Morgan fingerprint density at radius 1 is 1.29 bits per heavy atom. The summed E-state index contributed by atoms with van der Waals surface area (Å²) in [5.41, 5.74) is 1.20. The summed E-state index contributed by atoms with van der Waals surface area (Å²) in [4.78, 5) is 23.9. The van der Waals surface area contributed by atoms with Gasteiger partial charge in [-0.1, -0.05) is 12.1 Å². The average molecular weight is 343 g/mol. The summed E-state index contributed by atoms with van der Waals surface area (Å²) >= 11 is 0. The second-order valence-corrected chi connectivity index (χ2v) is 5.18. The number of hydrogen-bond donors (Lipinski definition) is 1. The highest BCUT2D eigenvalue weighted by atomic mass is 19.4. The monoisotopic (exact) mass is 343 g/mol. The molecule has 1 aliphatic rings. The van der Waals surface area contributed by atoms with Crippen LogP contribution in [0.1, 0.15) is 31.7 Å². The molecule has 8 heteroatoms. The number of halogens is 3. The van der Waals surface area contributed by atoms with Crippen molar-refractivity contribution in [3.05, 3.63) is 41.1 Å². The summed E-state index contributed by atoms with van der Waals surface area (Å²) < 4.78 is 45.4. The van der Waals surface area contributed by atoms with Crippen molar-refractivity contribution in [3.8, 4) is 5.75 Å². The maximum atomic E-state index is 12.2. The normalized spacial score (nSPS) is 18.2. The van der Waals surface area contributed by atoms with Crippen molar-refractivity contribution in [2.24, 2.45) is 0 Å². The predicted molar refractivity (Wildman–Crippen MR) is 78.0 cm³/mol. The molecule has 0 fully saturated rings. The van der Waals surface area contributed by atoms with Crippen molar-refractivity contribution in [1.29, 1.82) is 0 Å². The van der Waals surface area contributed by atoms with Crippen LogP contribution < -0.4 is 10.1 Å². The Hall–Kier alpha value is -2.51. The SMILES string of the molecule is CCOC(=O)C1=C(C)NC(=O)C[C@@H]1c1ccc(OC(F)(F)F)cc1. The van der Waals surface area contributed by atoms with E-state index in [0.717, 1.165) is 12.1 Å². The van der Waals surface area contributed by atoms with E-state index < -0.39 is 18.2 Å². The standard InChI is InChI=1S/C16H16F3NO4/c1-3-23-15(22)14-9(2)20-13(21)8-12(14)10-4-6-11(7-5-10)24-16(17,18)19/h4-7,12H,3,8H2,1-2H3,(H,20,21)/t12-/m1/s1. The quantitative estimate of drug-likeness (QED) is 0.854. The largest absolute Gasteiger partial charge is 0.573 e. The molecule has 2 rings (SSSR count). The molecule has 1 amide bonds. The molecule has 1 aliphatic heterocycles. The van der Waals surface area contributed by atoms with Gasteiger partial charge in [-0.25, -0.2) is 4.79 Å². The van der Waals surface area contributed by atoms with Crippen LogP contribution in [0.15, 0.2) is 35.5 Å². The molecule has 0 spiro atoms. The summed E-state index contributed by atoms with van der Waals surface area (Å²) in [5, 5.41) is 2.58. The summed E-state index contributed by atoms with van der Waals surface area (Å²) in [6, 6.07) is 5.09. The van der Waals surface area contributed by atoms with E-state index in [0.29, 0.717) is 16.8 Å². The van der Waals surface area contributed by atoms with Crippen LogP contribution in [0.2, 0.25) is 0 Å². The Morgan fingerprint density at radius 3 is 2.46 bits per heavy atom. The lowest BCUT2D eigenvalue weighted by molar-refractivity contribution is -0.274. The Balaban J connectivity index is 2.32. The summed E-state index contributed by atoms with van der Waals surface area (Å²) in [5.74, 6) is -1.79. The van der Waals surface area contributed by atoms with E-state index in [2.05, 4.69) is 10.1 Å². The van der Waals surface area contributed by atoms with Crippen LogP contribution in [0.25, 0.3) is 0 Å². The van der Waals surface area contributed by atoms with Gasteiger partial charge < -0.3 is 14.8 Å². The summed E-state index contributed by atoms with van der Waals surface area (Å²) in [6.07, 6.45) is -4.77. The average Bonchev–Trinajstić information content (AvgIpc) is 2.45. The first kappa shape index (κ1) is 17.8. The molecule has 1 aromatic carbocycles. The van der Waals surface area contributed by atoms with E-state index in [1.165, 1.54) is 12.1 Å². The fourth-order valence-corrected chi connectivity index (χ4v) is 2.57. The first-order valence-electron chi connectivity index (χ1n) is 7.24. The van der Waals surface area contributed by atoms with E-state index in [9.17, 15) is 22.8 Å². The maximum Gasteiger partial charge on any atom is 0.573 e. The van der Waals surface area contributed by atoms with Gasteiger partial charge >= 0.3 is 12.3 Å². The number of rotatable bonds is 4. The minimum Gasteiger partial charge on any atom is -0.463 e. The number of hydrogen-bond acceptors (Lipinski definition) is 4. The van der Waals surface area contributed by atoms with Crippen LogP contribution >= 0.6 is 0 Å². The molecule has 0 saturated carbocycles. The van der Waals surface area contributed by atoms with Gasteiger partial charge in [0.05, 0.1) is 12.2 Å². The van der Waals surface area contributed by atoms with E-state index in [-0.39, 0.29) is 24.7 Å².